The molecule has 2 aromatic carbocycles. The lowest BCUT2D eigenvalue weighted by atomic mass is 10.2. The summed E-state index contributed by atoms with van der Waals surface area (Å²) in [6.45, 7) is 0. The van der Waals surface area contributed by atoms with E-state index in [1.807, 2.05) is 0 Å². The number of rotatable bonds is 4. The predicted molar refractivity (Wildman–Crippen MR) is 95.2 cm³/mol. The maximum Gasteiger partial charge on any atom is 0.285 e. The first-order valence-corrected chi connectivity index (χ1v) is 8.81. The number of benzene rings is 2. The van der Waals surface area contributed by atoms with E-state index >= 15 is 0 Å². The Balaban J connectivity index is 1.90. The minimum atomic E-state index is -4.00. The van der Waals surface area contributed by atoms with Crippen LogP contribution in [0.5, 0.6) is 5.75 Å². The summed E-state index contributed by atoms with van der Waals surface area (Å²) < 4.78 is 33.1. The van der Waals surface area contributed by atoms with Gasteiger partial charge in [0.15, 0.2) is 5.84 Å². The summed E-state index contributed by atoms with van der Waals surface area (Å²) in [7, 11) is -0.883. The molecule has 0 fully saturated rings. The molecule has 0 radical (unpaired) electrons. The summed E-state index contributed by atoms with van der Waals surface area (Å²) in [6, 6.07) is 10.7. The van der Waals surface area contributed by atoms with Crippen molar-refractivity contribution in [1.29, 1.82) is 0 Å². The molecular formula is C16H14N4O5S. The second-order valence-corrected chi connectivity index (χ2v) is 6.94. The Kier molecular flexibility index (Phi) is 4.43. The number of hydrazone groups is 1. The monoisotopic (exact) mass is 374 g/mol. The number of fused-ring (bicyclic) bond motifs is 1. The third kappa shape index (κ3) is 3.26. The first-order chi connectivity index (χ1) is 12.3. The smallest absolute Gasteiger partial charge is 0.285 e. The van der Waals surface area contributed by atoms with Crippen LogP contribution in [0.3, 0.4) is 0 Å². The number of hydrogen-bond donors (Lipinski definition) is 0. The number of amidine groups is 1. The third-order valence-corrected chi connectivity index (χ3v) is 5.01. The second-order valence-electron chi connectivity index (χ2n) is 5.37. The predicted octanol–water partition coefficient (Wildman–Crippen LogP) is 2.02. The van der Waals surface area contributed by atoms with Crippen molar-refractivity contribution in [2.45, 2.75) is 4.90 Å². The molecule has 0 aromatic heterocycles. The van der Waals surface area contributed by atoms with E-state index in [-0.39, 0.29) is 22.0 Å². The van der Waals surface area contributed by atoms with Crippen LogP contribution >= 0.6 is 0 Å². The second kappa shape index (κ2) is 6.56. The van der Waals surface area contributed by atoms with Crippen molar-refractivity contribution in [3.8, 4) is 5.75 Å². The maximum absolute atomic E-state index is 12.2. The van der Waals surface area contributed by atoms with Gasteiger partial charge in [0.25, 0.3) is 15.7 Å². The summed E-state index contributed by atoms with van der Waals surface area (Å²) in [4.78, 5) is 10.0. The van der Waals surface area contributed by atoms with Crippen molar-refractivity contribution < 1.29 is 18.1 Å². The van der Waals surface area contributed by atoms with E-state index in [0.717, 1.165) is 11.6 Å². The molecule has 0 saturated heterocycles. The molecule has 1 heterocycles. The summed E-state index contributed by atoms with van der Waals surface area (Å²) >= 11 is 0. The van der Waals surface area contributed by atoms with Crippen molar-refractivity contribution >= 4 is 27.8 Å². The largest absolute Gasteiger partial charge is 0.497 e. The molecule has 3 rings (SSSR count). The van der Waals surface area contributed by atoms with Crippen molar-refractivity contribution in [2.24, 2.45) is 9.50 Å². The molecule has 2 aromatic rings. The molecular weight excluding hydrogens is 360 g/mol. The van der Waals surface area contributed by atoms with Gasteiger partial charge >= 0.3 is 0 Å². The number of nitro groups is 1. The molecule has 0 amide bonds. The van der Waals surface area contributed by atoms with Gasteiger partial charge in [-0.15, -0.1) is 4.40 Å². The Hall–Kier alpha value is -3.27. The molecule has 0 saturated carbocycles. The Morgan fingerprint density at radius 1 is 1.23 bits per heavy atom. The normalized spacial score (nSPS) is 14.8. The van der Waals surface area contributed by atoms with E-state index < -0.39 is 14.9 Å². The highest BCUT2D eigenvalue weighted by Crippen LogP contribution is 2.30. The molecule has 0 spiro atoms. The summed E-state index contributed by atoms with van der Waals surface area (Å²) in [5.41, 5.74) is 0.737. The van der Waals surface area contributed by atoms with Gasteiger partial charge < -0.3 is 4.74 Å². The molecule has 1 aliphatic rings. The molecule has 0 N–H and O–H groups in total. The molecule has 0 atom stereocenters. The van der Waals surface area contributed by atoms with Gasteiger partial charge in [-0.1, -0.05) is 0 Å². The fraction of sp³-hybridized carbons (Fsp3) is 0.125. The van der Waals surface area contributed by atoms with Gasteiger partial charge in [0.1, 0.15) is 10.6 Å². The number of methoxy groups -OCH3 is 1. The van der Waals surface area contributed by atoms with Gasteiger partial charge in [0.05, 0.1) is 18.2 Å². The van der Waals surface area contributed by atoms with E-state index in [2.05, 4.69) is 9.50 Å². The van der Waals surface area contributed by atoms with Gasteiger partial charge in [-0.25, -0.2) is 5.01 Å². The SMILES string of the molecule is COc1ccc(/C=N/N(C)C2=NS(=O)(=O)c3cc([N+](=O)[O-])ccc32)cc1. The number of ether oxygens (including phenoxy) is 1. The van der Waals surface area contributed by atoms with E-state index in [0.29, 0.717) is 5.75 Å². The maximum atomic E-state index is 12.2. The third-order valence-electron chi connectivity index (χ3n) is 3.70. The minimum absolute atomic E-state index is 0.0969. The molecule has 0 aliphatic carbocycles. The van der Waals surface area contributed by atoms with Crippen LogP contribution in [0.25, 0.3) is 0 Å². The number of non-ortho nitro benzene ring substituents is 1. The van der Waals surface area contributed by atoms with Crippen LogP contribution in [0.2, 0.25) is 0 Å². The van der Waals surface area contributed by atoms with Crippen LogP contribution in [0.1, 0.15) is 11.1 Å². The fourth-order valence-electron chi connectivity index (χ4n) is 2.37. The Morgan fingerprint density at radius 2 is 1.92 bits per heavy atom. The number of nitrogens with zero attached hydrogens (tertiary/aromatic N) is 4. The highest BCUT2D eigenvalue weighted by molar-refractivity contribution is 7.90. The lowest BCUT2D eigenvalue weighted by molar-refractivity contribution is -0.385. The van der Waals surface area contributed by atoms with Gasteiger partial charge in [-0.3, -0.25) is 10.1 Å². The quantitative estimate of drug-likeness (QED) is 0.459. The van der Waals surface area contributed by atoms with Crippen molar-refractivity contribution in [2.75, 3.05) is 14.2 Å². The zero-order valence-electron chi connectivity index (χ0n) is 13.9. The molecule has 0 bridgehead atoms. The average Bonchev–Trinajstić information content (AvgIpc) is 2.91. The molecule has 134 valence electrons. The van der Waals surface area contributed by atoms with E-state index in [1.54, 1.807) is 38.4 Å². The zero-order chi connectivity index (χ0) is 18.9. The fourth-order valence-corrected chi connectivity index (χ4v) is 3.62. The van der Waals surface area contributed by atoms with Gasteiger partial charge in [0, 0.05) is 24.7 Å². The van der Waals surface area contributed by atoms with Crippen LogP contribution in [0, 0.1) is 10.1 Å². The highest BCUT2D eigenvalue weighted by Gasteiger charge is 2.32. The number of hydrogen-bond acceptors (Lipinski definition) is 7. The van der Waals surface area contributed by atoms with Crippen molar-refractivity contribution in [3.05, 3.63) is 63.7 Å². The van der Waals surface area contributed by atoms with Crippen LogP contribution in [0.15, 0.2) is 56.9 Å². The lowest BCUT2D eigenvalue weighted by Crippen LogP contribution is -2.21. The topological polar surface area (TPSA) is 114 Å². The van der Waals surface area contributed by atoms with E-state index in [9.17, 15) is 18.5 Å². The lowest BCUT2D eigenvalue weighted by Gasteiger charge is -2.12. The van der Waals surface area contributed by atoms with Crippen LogP contribution < -0.4 is 4.74 Å². The van der Waals surface area contributed by atoms with Gasteiger partial charge in [0.2, 0.25) is 0 Å². The summed E-state index contributed by atoms with van der Waals surface area (Å²) in [5.74, 6) is 0.803. The first kappa shape index (κ1) is 17.5. The molecule has 0 unspecified atom stereocenters. The molecule has 9 nitrogen and oxygen atoms in total. The van der Waals surface area contributed by atoms with E-state index in [1.165, 1.54) is 23.4 Å². The van der Waals surface area contributed by atoms with Crippen molar-refractivity contribution in [1.82, 2.24) is 5.01 Å². The zero-order valence-corrected chi connectivity index (χ0v) is 14.7. The first-order valence-electron chi connectivity index (χ1n) is 7.37. The van der Waals surface area contributed by atoms with Crippen LogP contribution in [-0.4, -0.2) is 44.6 Å². The molecule has 1 aliphatic heterocycles. The summed E-state index contributed by atoms with van der Waals surface area (Å²) in [6.07, 6.45) is 1.54. The van der Waals surface area contributed by atoms with Gasteiger partial charge in [-0.2, -0.15) is 13.5 Å². The highest BCUT2D eigenvalue weighted by atomic mass is 32.2. The van der Waals surface area contributed by atoms with Gasteiger partial charge in [-0.05, 0) is 35.9 Å². The minimum Gasteiger partial charge on any atom is -0.497 e. The van der Waals surface area contributed by atoms with Crippen LogP contribution in [0.4, 0.5) is 5.69 Å². The van der Waals surface area contributed by atoms with Crippen LogP contribution in [-0.2, 0) is 10.0 Å². The number of sulfonamides is 1. The number of nitro benzene ring substituents is 1. The van der Waals surface area contributed by atoms with E-state index in [4.69, 9.17) is 4.74 Å². The molecule has 10 heteroatoms. The summed E-state index contributed by atoms with van der Waals surface area (Å²) in [5, 5.41) is 16.4. The Morgan fingerprint density at radius 3 is 2.54 bits per heavy atom. The Labute approximate surface area is 149 Å². The average molecular weight is 374 g/mol. The molecule has 26 heavy (non-hydrogen) atoms. The van der Waals surface area contributed by atoms with Crippen molar-refractivity contribution in [3.63, 3.8) is 0 Å². The Bertz CT molecular complexity index is 1030. The standard InChI is InChI=1S/C16H14N4O5S/c1-19(17-10-11-3-6-13(25-2)7-4-11)16-14-8-5-12(20(21)22)9-15(14)26(23,24)18-16/h3-10H,1-2H3/b17-10+.